The van der Waals surface area contributed by atoms with Crippen LogP contribution in [0.15, 0.2) is 67.0 Å². The fourth-order valence-corrected chi connectivity index (χ4v) is 5.46. The number of nitrogens with one attached hydrogen (secondary N) is 4. The molecular weight excluding hydrogens is 647 g/mol. The summed E-state index contributed by atoms with van der Waals surface area (Å²) < 4.78 is 8.78. The lowest BCUT2D eigenvalue weighted by Gasteiger charge is -2.27. The Labute approximate surface area is 260 Å². The van der Waals surface area contributed by atoms with Crippen molar-refractivity contribution in [3.8, 4) is 5.75 Å². The van der Waals surface area contributed by atoms with Crippen molar-refractivity contribution in [1.82, 2.24) is 31.0 Å². The minimum atomic E-state index is -0.870. The van der Waals surface area contributed by atoms with Gasteiger partial charge in [-0.05, 0) is 83.2 Å². The summed E-state index contributed by atoms with van der Waals surface area (Å²) in [5.41, 5.74) is 2.05. The van der Waals surface area contributed by atoms with Gasteiger partial charge in [-0.15, -0.1) is 0 Å². The number of hydrogen-bond acceptors (Lipinski definition) is 6. The summed E-state index contributed by atoms with van der Waals surface area (Å²) in [6.45, 7) is 5.14. The number of carbonyl (C=O) groups is 3. The monoisotopic (exact) mass is 686 g/mol. The van der Waals surface area contributed by atoms with Crippen LogP contribution in [-0.4, -0.2) is 65.3 Å². The van der Waals surface area contributed by atoms with Gasteiger partial charge in [0.25, 0.3) is 0 Å². The van der Waals surface area contributed by atoms with Gasteiger partial charge in [0.1, 0.15) is 24.4 Å². The maximum Gasteiger partial charge on any atom is 0.244 e. The lowest BCUT2D eigenvalue weighted by Crippen LogP contribution is -2.59. The smallest absolute Gasteiger partial charge is 0.244 e. The molecule has 0 saturated carbocycles. The van der Waals surface area contributed by atoms with Crippen molar-refractivity contribution in [2.24, 2.45) is 5.92 Å². The first-order valence-electron chi connectivity index (χ1n) is 14.3. The van der Waals surface area contributed by atoms with Crippen LogP contribution >= 0.6 is 22.6 Å². The average Bonchev–Trinajstić information content (AvgIpc) is 3.48. The molecule has 0 saturated heterocycles. The molecule has 0 radical (unpaired) electrons. The number of nitrogens with zero attached hydrogens (tertiary/aromatic N) is 2. The zero-order valence-electron chi connectivity index (χ0n) is 24.0. The van der Waals surface area contributed by atoms with Gasteiger partial charge in [0.15, 0.2) is 0 Å². The molecule has 1 aliphatic rings. The highest BCUT2D eigenvalue weighted by atomic mass is 127. The number of ether oxygens (including phenoxy) is 1. The SMILES string of the molecule is CC(C)[C@H]1NC(=O)[C@@H](Cc2cccc(I)c2)NCCOc2ccccc2CCCNC(=O)[C@H](Cn2cccn2)NC1=O. The van der Waals surface area contributed by atoms with Crippen LogP contribution in [0.4, 0.5) is 0 Å². The molecule has 0 unspecified atom stereocenters. The fourth-order valence-electron chi connectivity index (χ4n) is 4.86. The van der Waals surface area contributed by atoms with Gasteiger partial charge in [0.05, 0.1) is 12.6 Å². The third-order valence-electron chi connectivity index (χ3n) is 7.10. The summed E-state index contributed by atoms with van der Waals surface area (Å²) in [6, 6.07) is 15.3. The molecule has 0 spiro atoms. The third-order valence-corrected chi connectivity index (χ3v) is 7.77. The van der Waals surface area contributed by atoms with E-state index in [1.807, 2.05) is 62.4 Å². The number of benzene rings is 2. The van der Waals surface area contributed by atoms with Crippen LogP contribution in [0.1, 0.15) is 31.4 Å². The van der Waals surface area contributed by atoms with E-state index in [1.54, 1.807) is 23.1 Å². The number of rotatable bonds is 5. The third kappa shape index (κ3) is 9.28. The van der Waals surface area contributed by atoms with E-state index in [0.717, 1.165) is 20.4 Å². The van der Waals surface area contributed by atoms with E-state index in [0.29, 0.717) is 39.0 Å². The van der Waals surface area contributed by atoms with Crippen molar-refractivity contribution < 1.29 is 19.1 Å². The zero-order valence-corrected chi connectivity index (χ0v) is 26.2. The van der Waals surface area contributed by atoms with Gasteiger partial charge in [-0.3, -0.25) is 19.1 Å². The molecule has 11 heteroatoms. The van der Waals surface area contributed by atoms with E-state index < -0.39 is 24.0 Å². The van der Waals surface area contributed by atoms with Gasteiger partial charge in [-0.1, -0.05) is 44.2 Å². The minimum Gasteiger partial charge on any atom is -0.492 e. The van der Waals surface area contributed by atoms with Crippen LogP contribution in [0.5, 0.6) is 5.75 Å². The maximum atomic E-state index is 13.7. The van der Waals surface area contributed by atoms with E-state index >= 15 is 0 Å². The van der Waals surface area contributed by atoms with Crippen molar-refractivity contribution >= 4 is 40.3 Å². The zero-order chi connectivity index (χ0) is 29.9. The Kier molecular flexibility index (Phi) is 11.8. The van der Waals surface area contributed by atoms with Crippen molar-refractivity contribution in [2.75, 3.05) is 19.7 Å². The van der Waals surface area contributed by atoms with Gasteiger partial charge < -0.3 is 26.0 Å². The normalized spacial score (nSPS) is 21.2. The number of para-hydroxylation sites is 1. The van der Waals surface area contributed by atoms with Crippen molar-refractivity contribution in [2.45, 2.75) is 57.8 Å². The first kappa shape index (κ1) is 31.5. The molecule has 2 heterocycles. The number of carbonyl (C=O) groups excluding carboxylic acids is 3. The van der Waals surface area contributed by atoms with Crippen LogP contribution in [0, 0.1) is 9.49 Å². The first-order chi connectivity index (χ1) is 20.3. The topological polar surface area (TPSA) is 126 Å². The predicted molar refractivity (Wildman–Crippen MR) is 169 cm³/mol. The molecule has 0 bridgehead atoms. The largest absolute Gasteiger partial charge is 0.492 e. The Balaban J connectivity index is 1.59. The molecule has 4 N–H and O–H groups in total. The molecule has 10 nitrogen and oxygen atoms in total. The molecule has 3 amide bonds. The molecule has 1 aromatic heterocycles. The molecule has 0 aliphatic carbocycles. The summed E-state index contributed by atoms with van der Waals surface area (Å²) in [7, 11) is 0. The average molecular weight is 687 g/mol. The van der Waals surface area contributed by atoms with Gasteiger partial charge in [-0.2, -0.15) is 5.10 Å². The van der Waals surface area contributed by atoms with Crippen LogP contribution in [0.2, 0.25) is 0 Å². The van der Waals surface area contributed by atoms with Crippen LogP contribution in [-0.2, 0) is 33.8 Å². The highest BCUT2D eigenvalue weighted by Crippen LogP contribution is 2.19. The van der Waals surface area contributed by atoms with Gasteiger partial charge in [-0.25, -0.2) is 0 Å². The van der Waals surface area contributed by atoms with Crippen molar-refractivity contribution in [1.29, 1.82) is 0 Å². The van der Waals surface area contributed by atoms with Crippen LogP contribution in [0.25, 0.3) is 0 Å². The summed E-state index contributed by atoms with van der Waals surface area (Å²) in [4.78, 5) is 40.5. The molecule has 3 aromatic rings. The van der Waals surface area contributed by atoms with Gasteiger partial charge >= 0.3 is 0 Å². The Morgan fingerprint density at radius 1 is 0.976 bits per heavy atom. The second kappa shape index (κ2) is 15.7. The number of halogens is 1. The molecule has 2 aromatic carbocycles. The first-order valence-corrected chi connectivity index (χ1v) is 15.4. The molecule has 0 fully saturated rings. The van der Waals surface area contributed by atoms with Crippen molar-refractivity contribution in [3.63, 3.8) is 0 Å². The standard InChI is InChI=1S/C31H39IN6O4/c1-21(2)28-31(41)36-26(20-38-16-7-14-35-38)29(39)34-13-6-10-23-9-3-4-12-27(23)42-17-15-33-25(30(40)37-28)19-22-8-5-11-24(32)18-22/h3-5,7-9,11-12,14,16,18,21,25-26,28,33H,6,10,13,15,17,19-20H2,1-2H3,(H,34,39)(H,36,41)(H,37,40)/t25-,26+,28-/m1/s1. The lowest BCUT2D eigenvalue weighted by molar-refractivity contribution is -0.133. The van der Waals surface area contributed by atoms with Gasteiger partial charge in [0.2, 0.25) is 17.7 Å². The van der Waals surface area contributed by atoms with E-state index in [9.17, 15) is 14.4 Å². The highest BCUT2D eigenvalue weighted by Gasteiger charge is 2.31. The summed E-state index contributed by atoms with van der Waals surface area (Å²) in [5, 5.41) is 16.3. The van der Waals surface area contributed by atoms with Crippen molar-refractivity contribution in [3.05, 3.63) is 81.7 Å². The molecule has 224 valence electrons. The van der Waals surface area contributed by atoms with E-state index in [2.05, 4.69) is 49.0 Å². The van der Waals surface area contributed by atoms with E-state index in [4.69, 9.17) is 4.74 Å². The van der Waals surface area contributed by atoms with Gasteiger partial charge in [0, 0.05) is 29.1 Å². The second-order valence-corrected chi connectivity index (χ2v) is 12.0. The van der Waals surface area contributed by atoms with Crippen LogP contribution in [0.3, 0.4) is 0 Å². The van der Waals surface area contributed by atoms with E-state index in [1.165, 1.54) is 0 Å². The number of hydrogen-bond donors (Lipinski definition) is 4. The Morgan fingerprint density at radius 3 is 2.57 bits per heavy atom. The molecule has 4 rings (SSSR count). The lowest BCUT2D eigenvalue weighted by atomic mass is 10.0. The summed E-state index contributed by atoms with van der Waals surface area (Å²) >= 11 is 2.25. The number of aromatic nitrogens is 2. The number of amides is 3. The fraction of sp³-hybridized carbons (Fsp3) is 0.419. The molecule has 3 atom stereocenters. The summed E-state index contributed by atoms with van der Waals surface area (Å²) in [6.07, 6.45) is 5.22. The number of aryl methyl sites for hydroxylation is 1. The minimum absolute atomic E-state index is 0.164. The maximum absolute atomic E-state index is 13.7. The predicted octanol–water partition coefficient (Wildman–Crippen LogP) is 2.46. The molecule has 42 heavy (non-hydrogen) atoms. The highest BCUT2D eigenvalue weighted by molar-refractivity contribution is 14.1. The molecule has 1 aliphatic heterocycles. The summed E-state index contributed by atoms with van der Waals surface area (Å²) in [5.74, 6) is -0.453. The Hall–Kier alpha value is -3.45. The van der Waals surface area contributed by atoms with Crippen LogP contribution < -0.4 is 26.0 Å². The number of fused-ring (bicyclic) bond motifs is 1. The Bertz CT molecular complexity index is 1330. The molecular formula is C31H39IN6O4. The van der Waals surface area contributed by atoms with E-state index in [-0.39, 0.29) is 24.3 Å². The Morgan fingerprint density at radius 2 is 1.81 bits per heavy atom. The quantitative estimate of drug-likeness (QED) is 0.306. The second-order valence-electron chi connectivity index (χ2n) is 10.7.